The standard InChI is InChI=1S/C15H20O4/c1-14(2)4-9-10(5-14)15(7-16)3-8-6-18-13(17)11(8)12(9)19-15/h9-10,12,16H,3-7H2,1-2H3/t9-,10+,12-,15-/m0/s1. The first-order valence-electron chi connectivity index (χ1n) is 7.13. The average molecular weight is 264 g/mol. The molecule has 0 aromatic rings. The van der Waals surface area contributed by atoms with Gasteiger partial charge < -0.3 is 14.6 Å². The van der Waals surface area contributed by atoms with E-state index in [0.717, 1.165) is 24.0 Å². The van der Waals surface area contributed by atoms with E-state index in [2.05, 4.69) is 13.8 Å². The largest absolute Gasteiger partial charge is 0.458 e. The number of ether oxygens (including phenoxy) is 2. The summed E-state index contributed by atoms with van der Waals surface area (Å²) in [7, 11) is 0. The van der Waals surface area contributed by atoms with E-state index in [1.165, 1.54) is 0 Å². The first kappa shape index (κ1) is 11.9. The summed E-state index contributed by atoms with van der Waals surface area (Å²) in [5.41, 5.74) is 1.66. The lowest BCUT2D eigenvalue weighted by Gasteiger charge is -2.37. The van der Waals surface area contributed by atoms with Crippen LogP contribution in [0.3, 0.4) is 0 Å². The fraction of sp³-hybridized carbons (Fsp3) is 0.800. The van der Waals surface area contributed by atoms with Gasteiger partial charge in [-0.3, -0.25) is 0 Å². The van der Waals surface area contributed by atoms with Gasteiger partial charge in [0.2, 0.25) is 0 Å². The minimum absolute atomic E-state index is 0.0473. The lowest BCUT2D eigenvalue weighted by atomic mass is 9.79. The average Bonchev–Trinajstić information content (AvgIpc) is 2.94. The summed E-state index contributed by atoms with van der Waals surface area (Å²) in [6, 6.07) is 0. The quantitative estimate of drug-likeness (QED) is 0.728. The molecule has 0 aromatic carbocycles. The zero-order valence-corrected chi connectivity index (χ0v) is 11.4. The number of fused-ring (bicyclic) bond motifs is 6. The van der Waals surface area contributed by atoms with Gasteiger partial charge in [0.05, 0.1) is 23.9 Å². The fourth-order valence-corrected chi connectivity index (χ4v) is 4.87. The monoisotopic (exact) mass is 264 g/mol. The zero-order valence-electron chi connectivity index (χ0n) is 11.4. The van der Waals surface area contributed by atoms with Gasteiger partial charge in [-0.25, -0.2) is 4.79 Å². The molecule has 4 rings (SSSR count). The van der Waals surface area contributed by atoms with Crippen LogP contribution in [0.25, 0.3) is 0 Å². The van der Waals surface area contributed by atoms with E-state index in [1.807, 2.05) is 0 Å². The van der Waals surface area contributed by atoms with E-state index in [1.54, 1.807) is 0 Å². The number of carbonyl (C=O) groups is 1. The van der Waals surface area contributed by atoms with Gasteiger partial charge in [-0.1, -0.05) is 13.8 Å². The summed E-state index contributed by atoms with van der Waals surface area (Å²) >= 11 is 0. The molecule has 2 bridgehead atoms. The summed E-state index contributed by atoms with van der Waals surface area (Å²) in [6.07, 6.45) is 2.66. The molecule has 2 fully saturated rings. The molecule has 4 atom stereocenters. The van der Waals surface area contributed by atoms with Crippen molar-refractivity contribution in [3.63, 3.8) is 0 Å². The number of aliphatic hydroxyl groups excluding tert-OH is 1. The van der Waals surface area contributed by atoms with E-state index in [-0.39, 0.29) is 24.1 Å². The van der Waals surface area contributed by atoms with Crippen molar-refractivity contribution in [2.45, 2.75) is 44.8 Å². The molecule has 3 aliphatic heterocycles. The molecular formula is C15H20O4. The van der Waals surface area contributed by atoms with Gasteiger partial charge in [-0.15, -0.1) is 0 Å². The topological polar surface area (TPSA) is 55.8 Å². The molecule has 4 heteroatoms. The normalized spacial score (nSPS) is 46.3. The van der Waals surface area contributed by atoms with E-state index in [4.69, 9.17) is 9.47 Å². The SMILES string of the molecule is CC1(C)C[C@@H]2[C@@H]3O[C@](CO)(CC4=C3C(=O)OC4)[C@@H]2C1. The van der Waals surface area contributed by atoms with Gasteiger partial charge in [0.1, 0.15) is 6.61 Å². The van der Waals surface area contributed by atoms with Crippen molar-refractivity contribution in [3.05, 3.63) is 11.1 Å². The second-order valence-corrected chi connectivity index (χ2v) is 7.37. The van der Waals surface area contributed by atoms with Crippen LogP contribution in [0.4, 0.5) is 0 Å². The summed E-state index contributed by atoms with van der Waals surface area (Å²) < 4.78 is 11.3. The number of carbonyl (C=O) groups excluding carboxylic acids is 1. The molecule has 1 aliphatic carbocycles. The van der Waals surface area contributed by atoms with Gasteiger partial charge in [-0.2, -0.15) is 0 Å². The van der Waals surface area contributed by atoms with Crippen LogP contribution in [0.1, 0.15) is 33.1 Å². The van der Waals surface area contributed by atoms with Gasteiger partial charge in [0.15, 0.2) is 0 Å². The van der Waals surface area contributed by atoms with Crippen molar-refractivity contribution in [1.29, 1.82) is 0 Å². The van der Waals surface area contributed by atoms with Gasteiger partial charge in [0, 0.05) is 6.42 Å². The Morgan fingerprint density at radius 3 is 2.89 bits per heavy atom. The third kappa shape index (κ3) is 1.39. The summed E-state index contributed by atoms with van der Waals surface area (Å²) in [6.45, 7) is 4.99. The third-order valence-corrected chi connectivity index (χ3v) is 5.55. The van der Waals surface area contributed by atoms with Gasteiger partial charge >= 0.3 is 5.97 Å². The summed E-state index contributed by atoms with van der Waals surface area (Å²) in [5.74, 6) is 0.535. The maximum atomic E-state index is 11.9. The van der Waals surface area contributed by atoms with Crippen LogP contribution in [-0.4, -0.2) is 36.0 Å². The molecule has 0 amide bonds. The first-order chi connectivity index (χ1) is 8.96. The maximum Gasteiger partial charge on any atom is 0.337 e. The Balaban J connectivity index is 1.80. The molecule has 0 spiro atoms. The zero-order chi connectivity index (χ0) is 13.4. The lowest BCUT2D eigenvalue weighted by Crippen LogP contribution is -2.43. The van der Waals surface area contributed by atoms with Crippen LogP contribution < -0.4 is 0 Å². The number of esters is 1. The number of aliphatic hydroxyl groups is 1. The van der Waals surface area contributed by atoms with E-state index >= 15 is 0 Å². The smallest absolute Gasteiger partial charge is 0.337 e. The molecule has 4 nitrogen and oxygen atoms in total. The minimum Gasteiger partial charge on any atom is -0.458 e. The highest BCUT2D eigenvalue weighted by Gasteiger charge is 2.64. The Labute approximate surface area is 112 Å². The molecule has 104 valence electrons. The molecule has 3 heterocycles. The Kier molecular flexibility index (Phi) is 2.14. The molecule has 1 N–H and O–H groups in total. The van der Waals surface area contributed by atoms with Crippen molar-refractivity contribution in [2.24, 2.45) is 17.3 Å². The molecular weight excluding hydrogens is 244 g/mol. The number of rotatable bonds is 1. The molecule has 4 aliphatic rings. The van der Waals surface area contributed by atoms with Crippen LogP contribution in [-0.2, 0) is 14.3 Å². The second-order valence-electron chi connectivity index (χ2n) is 7.37. The highest BCUT2D eigenvalue weighted by Crippen LogP contribution is 2.62. The van der Waals surface area contributed by atoms with Crippen LogP contribution in [0.5, 0.6) is 0 Å². The van der Waals surface area contributed by atoms with Gasteiger partial charge in [0.25, 0.3) is 0 Å². The minimum atomic E-state index is -0.462. The van der Waals surface area contributed by atoms with Gasteiger partial charge in [-0.05, 0) is 35.7 Å². The molecule has 0 aromatic heterocycles. The van der Waals surface area contributed by atoms with Crippen LogP contribution in [0.15, 0.2) is 11.1 Å². The molecule has 1 saturated heterocycles. The Morgan fingerprint density at radius 1 is 1.37 bits per heavy atom. The number of hydrogen-bond acceptors (Lipinski definition) is 4. The predicted molar refractivity (Wildman–Crippen MR) is 67.3 cm³/mol. The van der Waals surface area contributed by atoms with E-state index in [0.29, 0.717) is 24.9 Å². The lowest BCUT2D eigenvalue weighted by molar-refractivity contribution is -0.138. The van der Waals surface area contributed by atoms with Crippen molar-refractivity contribution in [2.75, 3.05) is 13.2 Å². The summed E-state index contributed by atoms with van der Waals surface area (Å²) in [4.78, 5) is 11.9. The van der Waals surface area contributed by atoms with Crippen LogP contribution in [0.2, 0.25) is 0 Å². The predicted octanol–water partition coefficient (Wildman–Crippen LogP) is 1.43. The van der Waals surface area contributed by atoms with Crippen LogP contribution >= 0.6 is 0 Å². The van der Waals surface area contributed by atoms with E-state index < -0.39 is 5.60 Å². The molecule has 0 unspecified atom stereocenters. The first-order valence-corrected chi connectivity index (χ1v) is 7.13. The van der Waals surface area contributed by atoms with Crippen molar-refractivity contribution in [3.8, 4) is 0 Å². The highest BCUT2D eigenvalue weighted by molar-refractivity contribution is 5.93. The Morgan fingerprint density at radius 2 is 2.16 bits per heavy atom. The van der Waals surface area contributed by atoms with Crippen LogP contribution in [0, 0.1) is 17.3 Å². The second kappa shape index (κ2) is 3.41. The molecule has 19 heavy (non-hydrogen) atoms. The summed E-state index contributed by atoms with van der Waals surface area (Å²) in [5, 5.41) is 9.90. The highest BCUT2D eigenvalue weighted by atomic mass is 16.6. The van der Waals surface area contributed by atoms with E-state index in [9.17, 15) is 9.90 Å². The number of cyclic esters (lactones) is 1. The Bertz CT molecular complexity index is 492. The third-order valence-electron chi connectivity index (χ3n) is 5.55. The Hall–Kier alpha value is -0.870. The number of hydrogen-bond donors (Lipinski definition) is 1. The fourth-order valence-electron chi connectivity index (χ4n) is 4.87. The van der Waals surface area contributed by atoms with Crippen molar-refractivity contribution >= 4 is 5.97 Å². The molecule has 0 radical (unpaired) electrons. The van der Waals surface area contributed by atoms with Crippen molar-refractivity contribution < 1.29 is 19.4 Å². The maximum absolute atomic E-state index is 11.9. The van der Waals surface area contributed by atoms with Crippen molar-refractivity contribution in [1.82, 2.24) is 0 Å². The molecule has 1 saturated carbocycles.